The normalized spacial score (nSPS) is 22.9. The summed E-state index contributed by atoms with van der Waals surface area (Å²) in [6.07, 6.45) is 3.68. The number of para-hydroxylation sites is 1. The molecule has 1 N–H and O–H groups in total. The first-order chi connectivity index (χ1) is 10.1. The summed E-state index contributed by atoms with van der Waals surface area (Å²) in [5.74, 6) is 1.78. The van der Waals surface area contributed by atoms with E-state index in [0.29, 0.717) is 12.7 Å². The molecule has 1 atom stereocenters. The highest BCUT2D eigenvalue weighted by molar-refractivity contribution is 5.50. The van der Waals surface area contributed by atoms with Crippen molar-refractivity contribution in [2.45, 2.75) is 44.8 Å². The molecule has 1 fully saturated rings. The van der Waals surface area contributed by atoms with Crippen LogP contribution in [0.5, 0.6) is 11.5 Å². The minimum absolute atomic E-state index is 0.125. The van der Waals surface area contributed by atoms with E-state index in [1.165, 1.54) is 18.4 Å². The molecule has 0 radical (unpaired) electrons. The first-order valence-electron chi connectivity index (χ1n) is 7.90. The van der Waals surface area contributed by atoms with E-state index in [4.69, 9.17) is 14.2 Å². The fourth-order valence-electron chi connectivity index (χ4n) is 3.00. The van der Waals surface area contributed by atoms with Crippen molar-refractivity contribution in [2.75, 3.05) is 26.3 Å². The second-order valence-electron chi connectivity index (χ2n) is 6.47. The highest BCUT2D eigenvalue weighted by Crippen LogP contribution is 2.41. The number of nitrogens with one attached hydrogen (secondary N) is 1. The maximum absolute atomic E-state index is 6.00. The van der Waals surface area contributed by atoms with E-state index in [-0.39, 0.29) is 5.60 Å². The molecule has 1 unspecified atom stereocenters. The fourth-order valence-corrected chi connectivity index (χ4v) is 3.00. The van der Waals surface area contributed by atoms with Crippen LogP contribution in [0.2, 0.25) is 0 Å². The first-order valence-corrected chi connectivity index (χ1v) is 7.90. The van der Waals surface area contributed by atoms with E-state index in [2.05, 4.69) is 25.2 Å². The van der Waals surface area contributed by atoms with Gasteiger partial charge in [0.1, 0.15) is 12.2 Å². The van der Waals surface area contributed by atoms with Crippen molar-refractivity contribution in [3.63, 3.8) is 0 Å². The van der Waals surface area contributed by atoms with Crippen molar-refractivity contribution in [1.29, 1.82) is 0 Å². The first kappa shape index (κ1) is 14.7. The predicted octanol–water partition coefficient (Wildman–Crippen LogP) is 2.55. The Hall–Kier alpha value is -1.26. The SMILES string of the molecule is CC1(C)Cc2cccc(OCCNCC3CCCO3)c2O1. The molecule has 116 valence electrons. The van der Waals surface area contributed by atoms with Crippen molar-refractivity contribution in [2.24, 2.45) is 0 Å². The minimum Gasteiger partial charge on any atom is -0.488 e. The summed E-state index contributed by atoms with van der Waals surface area (Å²) in [6.45, 7) is 7.52. The highest BCUT2D eigenvalue weighted by atomic mass is 16.5. The molecule has 2 aliphatic heterocycles. The van der Waals surface area contributed by atoms with Gasteiger partial charge in [-0.15, -0.1) is 0 Å². The quantitative estimate of drug-likeness (QED) is 0.818. The summed E-state index contributed by atoms with van der Waals surface area (Å²) in [7, 11) is 0. The third-order valence-electron chi connectivity index (χ3n) is 3.99. The average Bonchev–Trinajstić information content (AvgIpc) is 3.04. The van der Waals surface area contributed by atoms with E-state index < -0.39 is 0 Å². The summed E-state index contributed by atoms with van der Waals surface area (Å²) in [4.78, 5) is 0. The van der Waals surface area contributed by atoms with E-state index in [9.17, 15) is 0 Å². The van der Waals surface area contributed by atoms with Gasteiger partial charge in [-0.05, 0) is 32.8 Å². The minimum atomic E-state index is -0.125. The smallest absolute Gasteiger partial charge is 0.165 e. The average molecular weight is 291 g/mol. The van der Waals surface area contributed by atoms with Gasteiger partial charge in [-0.2, -0.15) is 0 Å². The lowest BCUT2D eigenvalue weighted by molar-refractivity contribution is 0.109. The molecule has 1 aromatic carbocycles. The molecule has 0 bridgehead atoms. The lowest BCUT2D eigenvalue weighted by Crippen LogP contribution is -2.29. The van der Waals surface area contributed by atoms with Crippen molar-refractivity contribution < 1.29 is 14.2 Å². The molecule has 0 amide bonds. The van der Waals surface area contributed by atoms with Gasteiger partial charge in [0, 0.05) is 31.7 Å². The van der Waals surface area contributed by atoms with E-state index in [1.807, 2.05) is 12.1 Å². The molecule has 2 heterocycles. The van der Waals surface area contributed by atoms with Gasteiger partial charge in [0.05, 0.1) is 6.10 Å². The number of hydrogen-bond donors (Lipinski definition) is 1. The summed E-state index contributed by atoms with van der Waals surface area (Å²) in [5, 5.41) is 3.39. The summed E-state index contributed by atoms with van der Waals surface area (Å²) < 4.78 is 17.5. The Morgan fingerprint density at radius 2 is 2.29 bits per heavy atom. The maximum atomic E-state index is 6.00. The summed E-state index contributed by atoms with van der Waals surface area (Å²) in [5.41, 5.74) is 1.12. The molecule has 2 aliphatic rings. The Balaban J connectivity index is 1.45. The standard InChI is InChI=1S/C17H25NO3/c1-17(2)11-13-5-3-7-15(16(13)21-17)20-10-8-18-12-14-6-4-9-19-14/h3,5,7,14,18H,4,6,8-12H2,1-2H3. The van der Waals surface area contributed by atoms with Crippen LogP contribution in [0.3, 0.4) is 0 Å². The van der Waals surface area contributed by atoms with Crippen LogP contribution in [0.4, 0.5) is 0 Å². The van der Waals surface area contributed by atoms with Crippen LogP contribution >= 0.6 is 0 Å². The van der Waals surface area contributed by atoms with Gasteiger partial charge in [0.25, 0.3) is 0 Å². The van der Waals surface area contributed by atoms with E-state index >= 15 is 0 Å². The number of fused-ring (bicyclic) bond motifs is 1. The van der Waals surface area contributed by atoms with Gasteiger partial charge in [0.15, 0.2) is 11.5 Å². The monoisotopic (exact) mass is 291 g/mol. The fraction of sp³-hybridized carbons (Fsp3) is 0.647. The Bertz CT molecular complexity index is 481. The van der Waals surface area contributed by atoms with Crippen LogP contribution in [0, 0.1) is 0 Å². The third kappa shape index (κ3) is 3.69. The van der Waals surface area contributed by atoms with Gasteiger partial charge in [-0.1, -0.05) is 12.1 Å². The molecule has 0 spiro atoms. The number of rotatable bonds is 6. The second-order valence-corrected chi connectivity index (χ2v) is 6.47. The summed E-state index contributed by atoms with van der Waals surface area (Å²) in [6, 6.07) is 6.14. The van der Waals surface area contributed by atoms with Crippen LogP contribution in [-0.2, 0) is 11.2 Å². The number of benzene rings is 1. The van der Waals surface area contributed by atoms with Crippen molar-refractivity contribution in [1.82, 2.24) is 5.32 Å². The molecule has 4 nitrogen and oxygen atoms in total. The highest BCUT2D eigenvalue weighted by Gasteiger charge is 2.32. The van der Waals surface area contributed by atoms with Gasteiger partial charge in [0.2, 0.25) is 0 Å². The molecular weight excluding hydrogens is 266 g/mol. The molecule has 3 rings (SSSR count). The van der Waals surface area contributed by atoms with Crippen LogP contribution in [0.1, 0.15) is 32.3 Å². The Labute approximate surface area is 126 Å². The molecule has 0 aliphatic carbocycles. The zero-order chi connectivity index (χ0) is 14.7. The Kier molecular flexibility index (Phi) is 4.36. The zero-order valence-electron chi connectivity index (χ0n) is 13.0. The van der Waals surface area contributed by atoms with Gasteiger partial charge in [-0.3, -0.25) is 0 Å². The van der Waals surface area contributed by atoms with E-state index in [1.54, 1.807) is 0 Å². The zero-order valence-corrected chi connectivity index (χ0v) is 13.0. The lowest BCUT2D eigenvalue weighted by atomic mass is 10.0. The maximum Gasteiger partial charge on any atom is 0.165 e. The van der Waals surface area contributed by atoms with Crippen molar-refractivity contribution in [3.05, 3.63) is 23.8 Å². The molecule has 21 heavy (non-hydrogen) atoms. The van der Waals surface area contributed by atoms with Crippen LogP contribution in [0.25, 0.3) is 0 Å². The molecular formula is C17H25NO3. The Morgan fingerprint density at radius 3 is 3.10 bits per heavy atom. The van der Waals surface area contributed by atoms with Gasteiger partial charge >= 0.3 is 0 Å². The number of hydrogen-bond acceptors (Lipinski definition) is 4. The topological polar surface area (TPSA) is 39.7 Å². The Morgan fingerprint density at radius 1 is 1.38 bits per heavy atom. The molecule has 1 saturated heterocycles. The third-order valence-corrected chi connectivity index (χ3v) is 3.99. The molecule has 0 saturated carbocycles. The second kappa shape index (κ2) is 6.24. The lowest BCUT2D eigenvalue weighted by Gasteiger charge is -2.18. The van der Waals surface area contributed by atoms with Gasteiger partial charge in [-0.25, -0.2) is 0 Å². The van der Waals surface area contributed by atoms with Gasteiger partial charge < -0.3 is 19.5 Å². The predicted molar refractivity (Wildman–Crippen MR) is 82.2 cm³/mol. The van der Waals surface area contributed by atoms with Crippen molar-refractivity contribution >= 4 is 0 Å². The molecule has 1 aromatic rings. The molecule has 4 heteroatoms. The molecule has 0 aromatic heterocycles. The largest absolute Gasteiger partial charge is 0.488 e. The summed E-state index contributed by atoms with van der Waals surface area (Å²) >= 11 is 0. The van der Waals surface area contributed by atoms with Crippen LogP contribution < -0.4 is 14.8 Å². The van der Waals surface area contributed by atoms with Crippen LogP contribution in [-0.4, -0.2) is 38.0 Å². The number of ether oxygens (including phenoxy) is 3. The van der Waals surface area contributed by atoms with Crippen molar-refractivity contribution in [3.8, 4) is 11.5 Å². The van der Waals surface area contributed by atoms with E-state index in [0.717, 1.165) is 37.6 Å². The van der Waals surface area contributed by atoms with Crippen LogP contribution in [0.15, 0.2) is 18.2 Å².